The number of carbonyl (C=O) groups is 1. The van der Waals surface area contributed by atoms with Gasteiger partial charge in [0.05, 0.1) is 15.6 Å². The Morgan fingerprint density at radius 2 is 1.89 bits per heavy atom. The van der Waals surface area contributed by atoms with Crippen molar-refractivity contribution in [2.24, 2.45) is 5.16 Å². The van der Waals surface area contributed by atoms with Crippen LogP contribution in [0.15, 0.2) is 72.3 Å². The number of carbonyl (C=O) groups excluding carboxylic acids is 1. The van der Waals surface area contributed by atoms with E-state index < -0.39 is 0 Å². The van der Waals surface area contributed by atoms with E-state index in [-0.39, 0.29) is 19.2 Å². The molecule has 6 nitrogen and oxygen atoms in total. The highest BCUT2D eigenvalue weighted by atomic mass is 35.5. The molecule has 0 saturated carbocycles. The Morgan fingerprint density at radius 3 is 2.68 bits per heavy atom. The van der Waals surface area contributed by atoms with E-state index in [1.54, 1.807) is 57.9 Å². The Hall–Kier alpha value is -2.80. The van der Waals surface area contributed by atoms with Gasteiger partial charge in [-0.1, -0.05) is 28.4 Å². The number of ether oxygens (including phenoxy) is 1. The number of nitrogens with zero attached hydrogens (tertiary/aromatic N) is 3. The predicted octanol–water partition coefficient (Wildman–Crippen LogP) is 3.24. The highest BCUT2D eigenvalue weighted by molar-refractivity contribution is 6.42. The van der Waals surface area contributed by atoms with Crippen molar-refractivity contribution in [2.75, 3.05) is 0 Å². The molecule has 0 amide bonds. The lowest BCUT2D eigenvalue weighted by molar-refractivity contribution is -0.788. The number of benzene rings is 1. The molecule has 3 aromatic rings. The minimum Gasteiger partial charge on any atom is -0.411 e. The molecule has 2 heterocycles. The van der Waals surface area contributed by atoms with E-state index in [9.17, 15) is 4.79 Å². The minimum absolute atomic E-state index is 0.160. The molecule has 142 valence electrons. The Morgan fingerprint density at radius 1 is 1.04 bits per heavy atom. The summed E-state index contributed by atoms with van der Waals surface area (Å²) in [6.45, 7) is 0.486. The number of hydrogen-bond donors (Lipinski definition) is 1. The average molecular weight is 418 g/mol. The third kappa shape index (κ3) is 4.92. The number of halogens is 2. The van der Waals surface area contributed by atoms with Crippen LogP contribution in [0.1, 0.15) is 21.6 Å². The quantitative estimate of drug-likeness (QED) is 0.211. The molecule has 0 radical (unpaired) electrons. The highest BCUT2D eigenvalue weighted by Crippen LogP contribution is 2.23. The monoisotopic (exact) mass is 417 g/mol. The van der Waals surface area contributed by atoms with E-state index in [4.69, 9.17) is 33.1 Å². The van der Waals surface area contributed by atoms with Gasteiger partial charge in [-0.05, 0) is 30.3 Å². The lowest BCUT2D eigenvalue weighted by atomic mass is 10.1. The van der Waals surface area contributed by atoms with Crippen LogP contribution in [0.2, 0.25) is 10.0 Å². The van der Waals surface area contributed by atoms with Crippen molar-refractivity contribution in [3.05, 3.63) is 94.0 Å². The molecule has 1 aromatic carbocycles. The van der Waals surface area contributed by atoms with Crippen LogP contribution in [0.25, 0.3) is 0 Å². The van der Waals surface area contributed by atoms with Gasteiger partial charge in [-0.3, -0.25) is 9.53 Å². The van der Waals surface area contributed by atoms with Gasteiger partial charge in [-0.15, -0.1) is 0 Å². The van der Waals surface area contributed by atoms with Gasteiger partial charge in [0.15, 0.2) is 24.4 Å². The van der Waals surface area contributed by atoms with Crippen molar-refractivity contribution in [1.82, 2.24) is 0 Å². The first-order chi connectivity index (χ1) is 13.6. The number of rotatable bonds is 7. The summed E-state index contributed by atoms with van der Waals surface area (Å²) < 4.78 is 9.24. The zero-order chi connectivity index (χ0) is 19.9. The Labute approximate surface area is 171 Å². The fourth-order valence-electron chi connectivity index (χ4n) is 2.57. The first kappa shape index (κ1) is 19.9. The number of aromatic nitrogens is 2. The van der Waals surface area contributed by atoms with Gasteiger partial charge in [0.2, 0.25) is 5.69 Å². The third-order valence-electron chi connectivity index (χ3n) is 3.94. The Balaban J connectivity index is 1.68. The SMILES string of the molecule is O=C(c1ccc(Cl)c(Cl)c1)c1ccc[n+](COC[n+]2ccccc2C=NO)c1. The van der Waals surface area contributed by atoms with E-state index in [0.717, 1.165) is 0 Å². The standard InChI is InChI=1S/C20H16Cl2N3O3/c21-18-7-6-15(10-19(18)22)20(26)16-4-3-8-24(12-16)13-28-14-25-9-2-1-5-17(25)11-23-27/h1-12H,13-14H2/q+1/p+1. The average Bonchev–Trinajstić information content (AvgIpc) is 2.71. The van der Waals surface area contributed by atoms with Crippen molar-refractivity contribution < 1.29 is 23.9 Å². The fourth-order valence-corrected chi connectivity index (χ4v) is 2.87. The molecule has 0 aliphatic rings. The van der Waals surface area contributed by atoms with E-state index >= 15 is 0 Å². The molecular weight excluding hydrogens is 401 g/mol. The lowest BCUT2D eigenvalue weighted by Crippen LogP contribution is -2.43. The summed E-state index contributed by atoms with van der Waals surface area (Å²) >= 11 is 11.9. The molecule has 0 atom stereocenters. The molecule has 8 heteroatoms. The first-order valence-corrected chi connectivity index (χ1v) is 9.06. The summed E-state index contributed by atoms with van der Waals surface area (Å²) in [5.41, 5.74) is 1.66. The van der Waals surface area contributed by atoms with E-state index in [1.807, 2.05) is 18.3 Å². The van der Waals surface area contributed by atoms with Crippen molar-refractivity contribution >= 4 is 35.2 Å². The smallest absolute Gasteiger partial charge is 0.258 e. The number of ketones is 1. The summed E-state index contributed by atoms with van der Waals surface area (Å²) in [6, 6.07) is 13.8. The van der Waals surface area contributed by atoms with Crippen LogP contribution in [0.4, 0.5) is 0 Å². The molecule has 3 rings (SSSR count). The molecule has 2 aromatic heterocycles. The molecule has 0 spiro atoms. The fraction of sp³-hybridized carbons (Fsp3) is 0.100. The van der Waals surface area contributed by atoms with Gasteiger partial charge < -0.3 is 5.21 Å². The number of oxime groups is 1. The third-order valence-corrected chi connectivity index (χ3v) is 4.68. The van der Waals surface area contributed by atoms with Gasteiger partial charge in [0.1, 0.15) is 6.21 Å². The Bertz CT molecular complexity index is 1030. The first-order valence-electron chi connectivity index (χ1n) is 8.31. The summed E-state index contributed by atoms with van der Waals surface area (Å²) in [6.07, 6.45) is 6.65. The number of pyridine rings is 2. The maximum atomic E-state index is 12.7. The highest BCUT2D eigenvalue weighted by Gasteiger charge is 2.15. The lowest BCUT2D eigenvalue weighted by Gasteiger charge is -2.03. The van der Waals surface area contributed by atoms with Gasteiger partial charge in [0.25, 0.3) is 13.5 Å². The van der Waals surface area contributed by atoms with Gasteiger partial charge >= 0.3 is 0 Å². The van der Waals surface area contributed by atoms with E-state index in [0.29, 0.717) is 26.9 Å². The summed E-state index contributed by atoms with van der Waals surface area (Å²) in [7, 11) is 0. The van der Waals surface area contributed by atoms with Crippen molar-refractivity contribution in [2.45, 2.75) is 13.5 Å². The van der Waals surface area contributed by atoms with Gasteiger partial charge in [-0.2, -0.15) is 9.13 Å². The van der Waals surface area contributed by atoms with Crippen molar-refractivity contribution in [3.8, 4) is 0 Å². The minimum atomic E-state index is -0.160. The van der Waals surface area contributed by atoms with Crippen LogP contribution in [0.5, 0.6) is 0 Å². The van der Waals surface area contributed by atoms with Crippen LogP contribution in [-0.2, 0) is 18.2 Å². The second-order valence-corrected chi connectivity index (χ2v) is 6.68. The van der Waals surface area contributed by atoms with E-state index in [1.165, 1.54) is 6.21 Å². The summed E-state index contributed by atoms with van der Waals surface area (Å²) in [5.74, 6) is -0.160. The maximum Gasteiger partial charge on any atom is 0.258 e. The summed E-state index contributed by atoms with van der Waals surface area (Å²) in [4.78, 5) is 12.7. The molecule has 0 unspecified atom stereocenters. The molecule has 0 aliphatic heterocycles. The molecule has 0 bridgehead atoms. The van der Waals surface area contributed by atoms with Crippen LogP contribution < -0.4 is 9.13 Å². The zero-order valence-electron chi connectivity index (χ0n) is 14.7. The largest absolute Gasteiger partial charge is 0.411 e. The van der Waals surface area contributed by atoms with Gasteiger partial charge in [-0.25, -0.2) is 0 Å². The molecule has 28 heavy (non-hydrogen) atoms. The second-order valence-electron chi connectivity index (χ2n) is 5.87. The van der Waals surface area contributed by atoms with Crippen LogP contribution in [0, 0.1) is 0 Å². The normalized spacial score (nSPS) is 11.1. The molecular formula is C20H17Cl2N3O3+2. The van der Waals surface area contributed by atoms with Crippen molar-refractivity contribution in [3.63, 3.8) is 0 Å². The van der Waals surface area contributed by atoms with Crippen LogP contribution in [-0.4, -0.2) is 17.2 Å². The van der Waals surface area contributed by atoms with E-state index in [2.05, 4.69) is 5.16 Å². The van der Waals surface area contributed by atoms with Crippen LogP contribution in [0.3, 0.4) is 0 Å². The predicted molar refractivity (Wildman–Crippen MR) is 104 cm³/mol. The Kier molecular flexibility index (Phi) is 6.71. The van der Waals surface area contributed by atoms with Crippen LogP contribution >= 0.6 is 23.2 Å². The molecule has 0 saturated heterocycles. The summed E-state index contributed by atoms with van der Waals surface area (Å²) in [5, 5.41) is 12.5. The molecule has 0 aliphatic carbocycles. The molecule has 1 N–H and O–H groups in total. The second kappa shape index (κ2) is 9.41. The van der Waals surface area contributed by atoms with Gasteiger partial charge in [0, 0.05) is 23.8 Å². The maximum absolute atomic E-state index is 12.7. The topological polar surface area (TPSA) is 66.7 Å². The molecule has 0 fully saturated rings. The number of hydrogen-bond acceptors (Lipinski definition) is 4. The van der Waals surface area contributed by atoms with Crippen molar-refractivity contribution in [1.29, 1.82) is 0 Å². The zero-order valence-corrected chi connectivity index (χ0v) is 16.2.